The van der Waals surface area contributed by atoms with Crippen molar-refractivity contribution in [1.29, 1.82) is 0 Å². The summed E-state index contributed by atoms with van der Waals surface area (Å²) in [5.41, 5.74) is 5.93. The van der Waals surface area contributed by atoms with Crippen molar-refractivity contribution in [3.8, 4) is 0 Å². The fourth-order valence-corrected chi connectivity index (χ4v) is 1.46. The first-order valence-electron chi connectivity index (χ1n) is 5.55. The molecule has 3 N–H and O–H groups in total. The van der Waals surface area contributed by atoms with Gasteiger partial charge in [-0.15, -0.1) is 0 Å². The molecule has 0 aliphatic rings. The van der Waals surface area contributed by atoms with E-state index in [1.165, 1.54) is 0 Å². The van der Waals surface area contributed by atoms with E-state index in [1.54, 1.807) is 0 Å². The maximum absolute atomic E-state index is 11.4. The number of hydrogen-bond acceptors (Lipinski definition) is 2. The van der Waals surface area contributed by atoms with Gasteiger partial charge >= 0.3 is 0 Å². The van der Waals surface area contributed by atoms with E-state index in [1.807, 2.05) is 51.1 Å². The van der Waals surface area contributed by atoms with Crippen LogP contribution in [0.3, 0.4) is 0 Å². The van der Waals surface area contributed by atoms with E-state index in [4.69, 9.17) is 5.73 Å². The summed E-state index contributed by atoms with van der Waals surface area (Å²) in [5.74, 6) is -0.146. The molecule has 0 heterocycles. The molecule has 1 unspecified atom stereocenters. The van der Waals surface area contributed by atoms with Crippen LogP contribution in [0, 0.1) is 5.92 Å². The Labute approximate surface area is 97.0 Å². The summed E-state index contributed by atoms with van der Waals surface area (Å²) >= 11 is 0. The molecule has 88 valence electrons. The van der Waals surface area contributed by atoms with Crippen molar-refractivity contribution in [1.82, 2.24) is 5.32 Å². The highest BCUT2D eigenvalue weighted by molar-refractivity contribution is 5.84. The third-order valence-corrected chi connectivity index (χ3v) is 3.17. The molecule has 0 spiro atoms. The lowest BCUT2D eigenvalue weighted by Crippen LogP contribution is -2.56. The van der Waals surface area contributed by atoms with Crippen LogP contribution < -0.4 is 11.1 Å². The molecule has 1 rings (SSSR count). The monoisotopic (exact) mass is 220 g/mol. The fraction of sp³-hybridized carbons (Fsp3) is 0.462. The van der Waals surface area contributed by atoms with Crippen LogP contribution in [0.4, 0.5) is 0 Å². The lowest BCUT2D eigenvalue weighted by molar-refractivity contribution is -0.125. The molecule has 16 heavy (non-hydrogen) atoms. The van der Waals surface area contributed by atoms with Crippen molar-refractivity contribution >= 4 is 5.91 Å². The molecule has 3 heteroatoms. The van der Waals surface area contributed by atoms with Gasteiger partial charge in [-0.25, -0.2) is 0 Å². The van der Waals surface area contributed by atoms with Gasteiger partial charge in [0.15, 0.2) is 0 Å². The zero-order valence-electron chi connectivity index (χ0n) is 10.2. The second-order valence-corrected chi connectivity index (χ2v) is 4.56. The molecular formula is C13H20N2O. The number of hydrogen-bond donors (Lipinski definition) is 2. The van der Waals surface area contributed by atoms with Gasteiger partial charge in [0.1, 0.15) is 0 Å². The normalized spacial score (nSPS) is 14.8. The van der Waals surface area contributed by atoms with Gasteiger partial charge in [-0.3, -0.25) is 10.1 Å². The van der Waals surface area contributed by atoms with Crippen LogP contribution in [0.2, 0.25) is 0 Å². The second-order valence-electron chi connectivity index (χ2n) is 4.56. The average molecular weight is 220 g/mol. The number of primary amides is 1. The van der Waals surface area contributed by atoms with E-state index in [-0.39, 0.29) is 11.8 Å². The summed E-state index contributed by atoms with van der Waals surface area (Å²) in [5, 5.41) is 3.24. The number of rotatable bonds is 5. The number of carbonyl (C=O) groups excluding carboxylic acids is 1. The summed E-state index contributed by atoms with van der Waals surface area (Å²) in [6.45, 7) is 6.48. The lowest BCUT2D eigenvalue weighted by Gasteiger charge is -2.31. The van der Waals surface area contributed by atoms with Crippen LogP contribution in [0.25, 0.3) is 0 Å². The summed E-state index contributed by atoms with van der Waals surface area (Å²) in [6.07, 6.45) is 0. The first-order valence-corrected chi connectivity index (χ1v) is 5.55. The minimum atomic E-state index is -0.657. The molecular weight excluding hydrogens is 200 g/mol. The predicted octanol–water partition coefficient (Wildman–Crippen LogP) is 1.68. The van der Waals surface area contributed by atoms with E-state index in [0.717, 1.165) is 5.56 Å². The fourth-order valence-electron chi connectivity index (χ4n) is 1.46. The Morgan fingerprint density at radius 2 is 1.94 bits per heavy atom. The summed E-state index contributed by atoms with van der Waals surface area (Å²) < 4.78 is 0. The zero-order valence-corrected chi connectivity index (χ0v) is 10.2. The zero-order chi connectivity index (χ0) is 12.2. The van der Waals surface area contributed by atoms with Gasteiger partial charge in [-0.05, 0) is 18.4 Å². The minimum Gasteiger partial charge on any atom is -0.368 e. The minimum absolute atomic E-state index is 0.161. The van der Waals surface area contributed by atoms with Gasteiger partial charge in [-0.1, -0.05) is 44.2 Å². The number of amides is 1. The van der Waals surface area contributed by atoms with E-state index in [9.17, 15) is 4.79 Å². The molecule has 1 amide bonds. The predicted molar refractivity (Wildman–Crippen MR) is 65.7 cm³/mol. The van der Waals surface area contributed by atoms with Crippen molar-refractivity contribution in [2.45, 2.75) is 32.9 Å². The van der Waals surface area contributed by atoms with Gasteiger partial charge < -0.3 is 5.73 Å². The quantitative estimate of drug-likeness (QED) is 0.793. The Balaban J connectivity index is 2.69. The molecule has 1 aromatic carbocycles. The van der Waals surface area contributed by atoms with Gasteiger partial charge in [0.2, 0.25) is 5.91 Å². The molecule has 0 aliphatic carbocycles. The van der Waals surface area contributed by atoms with Crippen LogP contribution in [-0.2, 0) is 11.3 Å². The molecule has 0 aromatic heterocycles. The van der Waals surface area contributed by atoms with E-state index in [0.29, 0.717) is 6.54 Å². The van der Waals surface area contributed by atoms with Crippen LogP contribution in [-0.4, -0.2) is 11.4 Å². The van der Waals surface area contributed by atoms with Gasteiger partial charge in [0, 0.05) is 6.54 Å². The summed E-state index contributed by atoms with van der Waals surface area (Å²) in [7, 11) is 0. The topological polar surface area (TPSA) is 55.1 Å². The highest BCUT2D eigenvalue weighted by Crippen LogP contribution is 2.16. The number of nitrogens with two attached hydrogens (primary N) is 1. The summed E-state index contributed by atoms with van der Waals surface area (Å²) in [6, 6.07) is 9.98. The van der Waals surface area contributed by atoms with Crippen LogP contribution in [0.1, 0.15) is 26.3 Å². The molecule has 0 bridgehead atoms. The van der Waals surface area contributed by atoms with E-state index >= 15 is 0 Å². The first-order chi connectivity index (χ1) is 7.47. The number of benzene rings is 1. The Kier molecular flexibility index (Phi) is 4.07. The molecule has 0 radical (unpaired) electrons. The average Bonchev–Trinajstić information content (AvgIpc) is 2.26. The molecule has 0 saturated heterocycles. The maximum atomic E-state index is 11.4. The first kappa shape index (κ1) is 12.7. The maximum Gasteiger partial charge on any atom is 0.237 e. The third kappa shape index (κ3) is 2.83. The van der Waals surface area contributed by atoms with Crippen molar-refractivity contribution in [3.63, 3.8) is 0 Å². The van der Waals surface area contributed by atoms with Gasteiger partial charge in [-0.2, -0.15) is 0 Å². The Hall–Kier alpha value is -1.35. The number of carbonyl (C=O) groups is 1. The van der Waals surface area contributed by atoms with Crippen molar-refractivity contribution in [2.75, 3.05) is 0 Å². The Morgan fingerprint density at radius 3 is 2.38 bits per heavy atom. The Morgan fingerprint density at radius 1 is 1.38 bits per heavy atom. The smallest absolute Gasteiger partial charge is 0.237 e. The van der Waals surface area contributed by atoms with Crippen molar-refractivity contribution in [2.24, 2.45) is 11.7 Å². The second kappa shape index (κ2) is 5.12. The highest BCUT2D eigenvalue weighted by Gasteiger charge is 2.33. The molecule has 3 nitrogen and oxygen atoms in total. The lowest BCUT2D eigenvalue weighted by atomic mass is 9.87. The van der Waals surface area contributed by atoms with Crippen LogP contribution >= 0.6 is 0 Å². The molecule has 1 atom stereocenters. The van der Waals surface area contributed by atoms with E-state index < -0.39 is 5.54 Å². The van der Waals surface area contributed by atoms with Crippen molar-refractivity contribution in [3.05, 3.63) is 35.9 Å². The molecule has 0 fully saturated rings. The van der Waals surface area contributed by atoms with Crippen LogP contribution in [0.5, 0.6) is 0 Å². The van der Waals surface area contributed by atoms with E-state index in [2.05, 4.69) is 5.32 Å². The number of nitrogens with one attached hydrogen (secondary N) is 1. The molecule has 0 saturated carbocycles. The standard InChI is InChI=1S/C13H20N2O/c1-10(2)13(3,12(14)16)15-9-11-7-5-4-6-8-11/h4-8,10,15H,9H2,1-3H3,(H2,14,16). The highest BCUT2D eigenvalue weighted by atomic mass is 16.1. The summed E-state index contributed by atoms with van der Waals surface area (Å²) in [4.78, 5) is 11.4. The Bertz CT molecular complexity index is 348. The third-order valence-electron chi connectivity index (χ3n) is 3.17. The molecule has 0 aliphatic heterocycles. The largest absolute Gasteiger partial charge is 0.368 e. The SMILES string of the molecule is CC(C)C(C)(NCc1ccccc1)C(N)=O. The van der Waals surface area contributed by atoms with Gasteiger partial charge in [0.25, 0.3) is 0 Å². The van der Waals surface area contributed by atoms with Crippen molar-refractivity contribution < 1.29 is 4.79 Å². The molecule has 1 aromatic rings. The van der Waals surface area contributed by atoms with Crippen LogP contribution in [0.15, 0.2) is 30.3 Å². The van der Waals surface area contributed by atoms with Gasteiger partial charge in [0.05, 0.1) is 5.54 Å².